The van der Waals surface area contributed by atoms with Gasteiger partial charge in [0.05, 0.1) is 0 Å². The zero-order valence-electron chi connectivity index (χ0n) is 7.86. The standard InChI is InChI=1S/C11H15NO/c1-8-7-10(8)11-5-4-9(13-11)3-2-6-12/h2-5,8,10H,6-7,12H2,1H3/b3-2+. The Labute approximate surface area is 78.4 Å². The van der Waals surface area contributed by atoms with E-state index in [9.17, 15) is 0 Å². The van der Waals surface area contributed by atoms with Crippen LogP contribution in [0.1, 0.15) is 30.8 Å². The minimum atomic E-state index is 0.565. The summed E-state index contributed by atoms with van der Waals surface area (Å²) in [5.74, 6) is 3.52. The van der Waals surface area contributed by atoms with Crippen LogP contribution in [0.25, 0.3) is 6.08 Å². The van der Waals surface area contributed by atoms with Gasteiger partial charge < -0.3 is 10.2 Å². The highest BCUT2D eigenvalue weighted by atomic mass is 16.3. The third-order valence-electron chi connectivity index (χ3n) is 2.54. The minimum Gasteiger partial charge on any atom is -0.461 e. The molecule has 2 nitrogen and oxygen atoms in total. The van der Waals surface area contributed by atoms with Gasteiger partial charge in [-0.2, -0.15) is 0 Å². The Morgan fingerprint density at radius 1 is 1.62 bits per heavy atom. The van der Waals surface area contributed by atoms with Gasteiger partial charge in [0.1, 0.15) is 11.5 Å². The molecule has 1 aromatic rings. The number of rotatable bonds is 3. The lowest BCUT2D eigenvalue weighted by Gasteiger charge is -1.89. The van der Waals surface area contributed by atoms with Crippen molar-refractivity contribution in [1.82, 2.24) is 0 Å². The maximum absolute atomic E-state index is 5.64. The second-order valence-corrected chi connectivity index (χ2v) is 3.70. The summed E-state index contributed by atoms with van der Waals surface area (Å²) in [5.41, 5.74) is 5.35. The molecule has 1 aliphatic rings. The predicted molar refractivity (Wildman–Crippen MR) is 53.3 cm³/mol. The van der Waals surface area contributed by atoms with Crippen LogP contribution in [-0.2, 0) is 0 Å². The summed E-state index contributed by atoms with van der Waals surface area (Å²) in [6.45, 7) is 2.82. The van der Waals surface area contributed by atoms with E-state index >= 15 is 0 Å². The highest BCUT2D eigenvalue weighted by molar-refractivity contribution is 5.43. The Morgan fingerprint density at radius 2 is 2.38 bits per heavy atom. The van der Waals surface area contributed by atoms with Gasteiger partial charge >= 0.3 is 0 Å². The highest BCUT2D eigenvalue weighted by Crippen LogP contribution is 2.47. The van der Waals surface area contributed by atoms with Crippen LogP contribution < -0.4 is 5.73 Å². The van der Waals surface area contributed by atoms with Crippen LogP contribution in [0.5, 0.6) is 0 Å². The minimum absolute atomic E-state index is 0.565. The highest BCUT2D eigenvalue weighted by Gasteiger charge is 2.36. The molecular formula is C11H15NO. The van der Waals surface area contributed by atoms with Crippen LogP contribution in [0.3, 0.4) is 0 Å². The lowest BCUT2D eigenvalue weighted by molar-refractivity contribution is 0.497. The first kappa shape index (κ1) is 8.57. The van der Waals surface area contributed by atoms with Crippen LogP contribution in [0, 0.1) is 5.92 Å². The summed E-state index contributed by atoms with van der Waals surface area (Å²) in [5, 5.41) is 0. The molecule has 70 valence electrons. The van der Waals surface area contributed by atoms with Gasteiger partial charge in [0, 0.05) is 12.5 Å². The van der Waals surface area contributed by atoms with Crippen LogP contribution in [0.4, 0.5) is 0 Å². The number of hydrogen-bond acceptors (Lipinski definition) is 2. The molecule has 0 aromatic carbocycles. The Hall–Kier alpha value is -1.02. The van der Waals surface area contributed by atoms with Gasteiger partial charge in [-0.3, -0.25) is 0 Å². The molecule has 1 aromatic heterocycles. The molecule has 1 fully saturated rings. The average molecular weight is 177 g/mol. The fourth-order valence-electron chi connectivity index (χ4n) is 1.56. The van der Waals surface area contributed by atoms with E-state index in [-0.39, 0.29) is 0 Å². The van der Waals surface area contributed by atoms with Crippen molar-refractivity contribution in [3.05, 3.63) is 29.7 Å². The van der Waals surface area contributed by atoms with Gasteiger partial charge in [-0.25, -0.2) is 0 Å². The molecule has 2 N–H and O–H groups in total. The fourth-order valence-corrected chi connectivity index (χ4v) is 1.56. The molecular weight excluding hydrogens is 162 g/mol. The van der Waals surface area contributed by atoms with Crippen molar-refractivity contribution >= 4 is 6.08 Å². The Kier molecular flexibility index (Phi) is 2.23. The topological polar surface area (TPSA) is 39.2 Å². The van der Waals surface area contributed by atoms with Gasteiger partial charge in [-0.05, 0) is 30.5 Å². The largest absolute Gasteiger partial charge is 0.461 e. The molecule has 1 heterocycles. The molecule has 0 saturated heterocycles. The molecule has 2 unspecified atom stereocenters. The summed E-state index contributed by atoms with van der Waals surface area (Å²) in [7, 11) is 0. The SMILES string of the molecule is CC1CC1c1ccc(/C=C/CN)o1. The van der Waals surface area contributed by atoms with E-state index in [0.717, 1.165) is 17.4 Å². The third-order valence-corrected chi connectivity index (χ3v) is 2.54. The summed E-state index contributed by atoms with van der Waals surface area (Å²) < 4.78 is 5.64. The smallest absolute Gasteiger partial charge is 0.126 e. The molecule has 0 radical (unpaired) electrons. The van der Waals surface area contributed by atoms with Crippen molar-refractivity contribution in [2.75, 3.05) is 6.54 Å². The first-order chi connectivity index (χ1) is 6.31. The monoisotopic (exact) mass is 177 g/mol. The normalized spacial score (nSPS) is 26.9. The number of hydrogen-bond donors (Lipinski definition) is 1. The number of nitrogens with two attached hydrogens (primary N) is 1. The molecule has 1 saturated carbocycles. The molecule has 13 heavy (non-hydrogen) atoms. The molecule has 0 spiro atoms. The predicted octanol–water partition coefficient (Wildman–Crippen LogP) is 2.37. The molecule has 2 rings (SSSR count). The first-order valence-electron chi connectivity index (χ1n) is 4.77. The summed E-state index contributed by atoms with van der Waals surface area (Å²) in [6, 6.07) is 4.08. The Balaban J connectivity index is 2.05. The van der Waals surface area contributed by atoms with Crippen LogP contribution in [0.15, 0.2) is 22.6 Å². The molecule has 2 atom stereocenters. The lowest BCUT2D eigenvalue weighted by atomic mass is 10.3. The van der Waals surface area contributed by atoms with E-state index in [1.807, 2.05) is 18.2 Å². The first-order valence-corrected chi connectivity index (χ1v) is 4.77. The van der Waals surface area contributed by atoms with Gasteiger partial charge in [-0.1, -0.05) is 13.0 Å². The van der Waals surface area contributed by atoms with Gasteiger partial charge in [0.2, 0.25) is 0 Å². The van der Waals surface area contributed by atoms with Gasteiger partial charge in [-0.15, -0.1) is 0 Å². The van der Waals surface area contributed by atoms with Gasteiger partial charge in [0.15, 0.2) is 0 Å². The summed E-state index contributed by atoms with van der Waals surface area (Å²) >= 11 is 0. The molecule has 2 heteroatoms. The Bertz CT molecular complexity index is 314. The van der Waals surface area contributed by atoms with Crippen molar-refractivity contribution in [3.63, 3.8) is 0 Å². The van der Waals surface area contributed by atoms with E-state index in [1.54, 1.807) is 0 Å². The molecule has 0 bridgehead atoms. The average Bonchev–Trinajstić information content (AvgIpc) is 2.67. The summed E-state index contributed by atoms with van der Waals surface area (Å²) in [4.78, 5) is 0. The van der Waals surface area contributed by atoms with E-state index < -0.39 is 0 Å². The summed E-state index contributed by atoms with van der Waals surface area (Å²) in [6.07, 6.45) is 5.10. The maximum atomic E-state index is 5.64. The maximum Gasteiger partial charge on any atom is 0.126 e. The molecule has 0 aliphatic heterocycles. The quantitative estimate of drug-likeness (QED) is 0.769. The molecule has 0 amide bonds. The van der Waals surface area contributed by atoms with Crippen LogP contribution in [-0.4, -0.2) is 6.54 Å². The van der Waals surface area contributed by atoms with Crippen LogP contribution in [0.2, 0.25) is 0 Å². The Morgan fingerprint density at radius 3 is 3.00 bits per heavy atom. The van der Waals surface area contributed by atoms with Crippen molar-refractivity contribution in [3.8, 4) is 0 Å². The fraction of sp³-hybridized carbons (Fsp3) is 0.455. The van der Waals surface area contributed by atoms with E-state index in [1.165, 1.54) is 6.42 Å². The lowest BCUT2D eigenvalue weighted by Crippen LogP contribution is -1.91. The van der Waals surface area contributed by atoms with Crippen LogP contribution >= 0.6 is 0 Å². The van der Waals surface area contributed by atoms with Crippen molar-refractivity contribution in [2.45, 2.75) is 19.3 Å². The van der Waals surface area contributed by atoms with E-state index in [0.29, 0.717) is 12.5 Å². The number of furan rings is 1. The van der Waals surface area contributed by atoms with Gasteiger partial charge in [0.25, 0.3) is 0 Å². The van der Waals surface area contributed by atoms with Crippen molar-refractivity contribution in [1.29, 1.82) is 0 Å². The second-order valence-electron chi connectivity index (χ2n) is 3.70. The third kappa shape index (κ3) is 1.83. The zero-order valence-corrected chi connectivity index (χ0v) is 7.86. The van der Waals surface area contributed by atoms with E-state index in [4.69, 9.17) is 10.2 Å². The zero-order chi connectivity index (χ0) is 9.26. The molecule has 1 aliphatic carbocycles. The second kappa shape index (κ2) is 3.38. The van der Waals surface area contributed by atoms with Crippen molar-refractivity contribution in [2.24, 2.45) is 11.7 Å². The van der Waals surface area contributed by atoms with Crippen molar-refractivity contribution < 1.29 is 4.42 Å². The van der Waals surface area contributed by atoms with E-state index in [2.05, 4.69) is 13.0 Å².